The average molecular weight is 403 g/mol. The molecule has 0 saturated heterocycles. The van der Waals surface area contributed by atoms with Crippen LogP contribution in [0, 0.1) is 13.8 Å². The van der Waals surface area contributed by atoms with Crippen LogP contribution in [-0.4, -0.2) is 16.2 Å². The van der Waals surface area contributed by atoms with Gasteiger partial charge in [0, 0.05) is 18.2 Å². The number of phenolic OH excluding ortho intramolecular Hbond substituents is 1. The number of benzene rings is 2. The van der Waals surface area contributed by atoms with Crippen molar-refractivity contribution in [3.63, 3.8) is 0 Å². The first kappa shape index (κ1) is 20.1. The highest BCUT2D eigenvalue weighted by Gasteiger charge is 2.17. The molecule has 3 rings (SSSR count). The van der Waals surface area contributed by atoms with E-state index < -0.39 is 5.97 Å². The lowest BCUT2D eigenvalue weighted by Gasteiger charge is -2.15. The van der Waals surface area contributed by atoms with Gasteiger partial charge in [-0.1, -0.05) is 24.6 Å². The van der Waals surface area contributed by atoms with Crippen LogP contribution < -0.4 is 4.74 Å². The highest BCUT2D eigenvalue weighted by atomic mass is 35.5. The van der Waals surface area contributed by atoms with Crippen molar-refractivity contribution in [3.8, 4) is 11.5 Å². The molecule has 6 heteroatoms. The van der Waals surface area contributed by atoms with Crippen molar-refractivity contribution in [2.75, 3.05) is 0 Å². The van der Waals surface area contributed by atoms with Gasteiger partial charge in [0.15, 0.2) is 0 Å². The van der Waals surface area contributed by atoms with Crippen LogP contribution in [0.15, 0.2) is 28.7 Å². The SMILES string of the molecule is CCc1cc2cc(Cl)c(O)c(COc3ccc(CCC(=O)O)c(C)c3C)c2o1. The Labute approximate surface area is 168 Å². The van der Waals surface area contributed by atoms with Crippen molar-refractivity contribution >= 4 is 28.5 Å². The molecule has 0 bridgehead atoms. The Hall–Kier alpha value is -2.66. The first-order chi connectivity index (χ1) is 13.3. The van der Waals surface area contributed by atoms with Gasteiger partial charge in [-0.3, -0.25) is 4.79 Å². The zero-order valence-electron chi connectivity index (χ0n) is 16.1. The van der Waals surface area contributed by atoms with Crippen LogP contribution in [0.5, 0.6) is 11.5 Å². The first-order valence-electron chi connectivity index (χ1n) is 9.18. The van der Waals surface area contributed by atoms with Crippen molar-refractivity contribution in [1.29, 1.82) is 0 Å². The summed E-state index contributed by atoms with van der Waals surface area (Å²) in [5.41, 5.74) is 4.01. The minimum absolute atomic E-state index is 0.0429. The molecule has 0 spiro atoms. The third kappa shape index (κ3) is 3.94. The van der Waals surface area contributed by atoms with Gasteiger partial charge in [-0.25, -0.2) is 0 Å². The number of aryl methyl sites for hydroxylation is 2. The fourth-order valence-corrected chi connectivity index (χ4v) is 3.47. The van der Waals surface area contributed by atoms with Crippen LogP contribution in [0.2, 0.25) is 5.02 Å². The molecular weight excluding hydrogens is 380 g/mol. The number of aromatic hydroxyl groups is 1. The summed E-state index contributed by atoms with van der Waals surface area (Å²) in [6.07, 6.45) is 1.31. The van der Waals surface area contributed by atoms with Gasteiger partial charge < -0.3 is 19.4 Å². The van der Waals surface area contributed by atoms with Gasteiger partial charge in [0.05, 0.1) is 10.6 Å². The first-order valence-corrected chi connectivity index (χ1v) is 9.56. The van der Waals surface area contributed by atoms with Crippen LogP contribution in [-0.2, 0) is 24.2 Å². The average Bonchev–Trinajstić information content (AvgIpc) is 3.07. The van der Waals surface area contributed by atoms with Crippen molar-refractivity contribution < 1.29 is 24.2 Å². The molecule has 28 heavy (non-hydrogen) atoms. The smallest absolute Gasteiger partial charge is 0.303 e. The number of ether oxygens (including phenoxy) is 1. The quantitative estimate of drug-likeness (QED) is 0.540. The maximum atomic E-state index is 10.8. The molecule has 0 fully saturated rings. The second kappa shape index (κ2) is 8.15. The molecule has 0 aliphatic carbocycles. The summed E-state index contributed by atoms with van der Waals surface area (Å²) in [5, 5.41) is 20.4. The van der Waals surface area contributed by atoms with E-state index in [2.05, 4.69) is 0 Å². The number of phenols is 1. The minimum atomic E-state index is -0.817. The molecular formula is C22H23ClO5. The van der Waals surface area contributed by atoms with Crippen molar-refractivity contribution in [3.05, 3.63) is 57.3 Å². The summed E-state index contributed by atoms with van der Waals surface area (Å²) >= 11 is 6.17. The molecule has 2 aromatic carbocycles. The Balaban J connectivity index is 1.88. The predicted molar refractivity (Wildman–Crippen MR) is 108 cm³/mol. The largest absolute Gasteiger partial charge is 0.506 e. The lowest BCUT2D eigenvalue weighted by atomic mass is 9.99. The highest BCUT2D eigenvalue weighted by Crippen LogP contribution is 2.37. The molecule has 0 unspecified atom stereocenters. The Morgan fingerprint density at radius 2 is 1.96 bits per heavy atom. The van der Waals surface area contributed by atoms with Gasteiger partial charge in [-0.15, -0.1) is 0 Å². The van der Waals surface area contributed by atoms with Crippen LogP contribution in [0.4, 0.5) is 0 Å². The van der Waals surface area contributed by atoms with Crippen molar-refractivity contribution in [1.82, 2.24) is 0 Å². The van der Waals surface area contributed by atoms with E-state index in [9.17, 15) is 9.90 Å². The van der Waals surface area contributed by atoms with E-state index in [0.717, 1.165) is 34.3 Å². The molecule has 148 valence electrons. The van der Waals surface area contributed by atoms with E-state index in [1.165, 1.54) is 0 Å². The van der Waals surface area contributed by atoms with Crippen LogP contribution in [0.3, 0.4) is 0 Å². The van der Waals surface area contributed by atoms with Gasteiger partial charge >= 0.3 is 5.97 Å². The van der Waals surface area contributed by atoms with Crippen LogP contribution >= 0.6 is 11.6 Å². The molecule has 0 radical (unpaired) electrons. The van der Waals surface area contributed by atoms with E-state index >= 15 is 0 Å². The van der Waals surface area contributed by atoms with E-state index in [-0.39, 0.29) is 23.8 Å². The Morgan fingerprint density at radius 3 is 2.64 bits per heavy atom. The minimum Gasteiger partial charge on any atom is -0.506 e. The third-order valence-corrected chi connectivity index (χ3v) is 5.35. The number of furan rings is 1. The van der Waals surface area contributed by atoms with Gasteiger partial charge in [0.2, 0.25) is 0 Å². The Morgan fingerprint density at radius 1 is 1.21 bits per heavy atom. The number of aliphatic carboxylic acids is 1. The fraction of sp³-hybridized carbons (Fsp3) is 0.318. The fourth-order valence-electron chi connectivity index (χ4n) is 3.24. The van der Waals surface area contributed by atoms with E-state index in [4.69, 9.17) is 25.9 Å². The molecule has 1 heterocycles. The summed E-state index contributed by atoms with van der Waals surface area (Å²) in [6.45, 7) is 5.99. The van der Waals surface area contributed by atoms with Crippen LogP contribution in [0.25, 0.3) is 11.0 Å². The predicted octanol–water partition coefficient (Wildman–Crippen LogP) is 5.57. The maximum Gasteiger partial charge on any atom is 0.303 e. The Kier molecular flexibility index (Phi) is 5.84. The number of hydrogen-bond donors (Lipinski definition) is 2. The summed E-state index contributed by atoms with van der Waals surface area (Å²) in [7, 11) is 0. The molecule has 5 nitrogen and oxygen atoms in total. The number of rotatable bonds is 7. The second-order valence-corrected chi connectivity index (χ2v) is 7.23. The Bertz CT molecular complexity index is 1040. The zero-order chi connectivity index (χ0) is 20.4. The molecule has 0 aliphatic rings. The summed E-state index contributed by atoms with van der Waals surface area (Å²) in [6, 6.07) is 7.32. The van der Waals surface area contributed by atoms with E-state index in [1.807, 2.05) is 39.0 Å². The monoisotopic (exact) mass is 402 g/mol. The number of carboxylic acid groups (broad SMARTS) is 1. The normalized spacial score (nSPS) is 11.1. The molecule has 0 amide bonds. The van der Waals surface area contributed by atoms with Crippen LogP contribution in [0.1, 0.15) is 41.4 Å². The molecule has 3 aromatic rings. The zero-order valence-corrected chi connectivity index (χ0v) is 16.9. The lowest BCUT2D eigenvalue weighted by molar-refractivity contribution is -0.136. The number of carboxylic acids is 1. The van der Waals surface area contributed by atoms with E-state index in [1.54, 1.807) is 6.07 Å². The highest BCUT2D eigenvalue weighted by molar-refractivity contribution is 6.33. The lowest BCUT2D eigenvalue weighted by Crippen LogP contribution is -2.03. The molecule has 0 atom stereocenters. The number of fused-ring (bicyclic) bond motifs is 1. The molecule has 2 N–H and O–H groups in total. The molecule has 1 aromatic heterocycles. The molecule has 0 saturated carbocycles. The summed E-state index contributed by atoms with van der Waals surface area (Å²) in [4.78, 5) is 10.8. The maximum absolute atomic E-state index is 10.8. The van der Waals surface area contributed by atoms with Gasteiger partial charge in [0.25, 0.3) is 0 Å². The summed E-state index contributed by atoms with van der Waals surface area (Å²) < 4.78 is 11.8. The van der Waals surface area contributed by atoms with Gasteiger partial charge in [-0.05, 0) is 55.2 Å². The number of carbonyl (C=O) groups is 1. The summed E-state index contributed by atoms with van der Waals surface area (Å²) in [5.74, 6) is 0.625. The van der Waals surface area contributed by atoms with E-state index in [0.29, 0.717) is 23.3 Å². The second-order valence-electron chi connectivity index (χ2n) is 6.83. The standard InChI is InChI=1S/C22H23ClO5/c1-4-16-9-15-10-18(23)21(26)17(22(15)28-16)11-27-19-7-5-14(6-8-20(24)25)12(2)13(19)3/h5,7,9-10,26H,4,6,8,11H2,1-3H3,(H,24,25). The van der Waals surface area contributed by atoms with Gasteiger partial charge in [-0.2, -0.15) is 0 Å². The third-order valence-electron chi connectivity index (χ3n) is 5.06. The van der Waals surface area contributed by atoms with Crippen molar-refractivity contribution in [2.24, 2.45) is 0 Å². The van der Waals surface area contributed by atoms with Gasteiger partial charge in [0.1, 0.15) is 29.4 Å². The number of hydrogen-bond acceptors (Lipinski definition) is 4. The van der Waals surface area contributed by atoms with Crippen molar-refractivity contribution in [2.45, 2.75) is 46.6 Å². The number of halogens is 1. The molecule has 0 aliphatic heterocycles. The topological polar surface area (TPSA) is 79.9 Å².